The van der Waals surface area contributed by atoms with Crippen LogP contribution in [-0.4, -0.2) is 63.0 Å². The second-order valence-corrected chi connectivity index (χ2v) is 7.87. The lowest BCUT2D eigenvalue weighted by Crippen LogP contribution is -2.33. The van der Waals surface area contributed by atoms with Gasteiger partial charge >= 0.3 is 0 Å². The Hall–Kier alpha value is -2.97. The van der Waals surface area contributed by atoms with Crippen LogP contribution in [0.4, 0.5) is 11.5 Å². The smallest absolute Gasteiger partial charge is 0.263 e. The molecule has 1 unspecified atom stereocenters. The molecule has 1 aromatic carbocycles. The zero-order valence-corrected chi connectivity index (χ0v) is 18.1. The van der Waals surface area contributed by atoms with E-state index < -0.39 is 0 Å². The van der Waals surface area contributed by atoms with Crippen molar-refractivity contribution in [3.05, 3.63) is 71.5 Å². The van der Waals surface area contributed by atoms with Gasteiger partial charge in [-0.05, 0) is 37.7 Å². The molecule has 160 valence electrons. The number of allylic oxidation sites excluding steroid dienone is 2. The maximum atomic E-state index is 13.2. The minimum atomic E-state index is -0.0768. The third kappa shape index (κ3) is 4.86. The fraction of sp³-hybridized carbons (Fsp3) is 0.348. The SMILES string of the molecule is CNCCC(OCc1cccc(N2CCN(C)c3ncncc3C2=O)c1)C1=CC=CB1. The molecular weight excluding hydrogens is 389 g/mol. The summed E-state index contributed by atoms with van der Waals surface area (Å²) in [7, 11) is 4.86. The molecule has 4 rings (SSSR count). The quantitative estimate of drug-likeness (QED) is 0.662. The van der Waals surface area contributed by atoms with Gasteiger partial charge in [-0.25, -0.2) is 9.97 Å². The van der Waals surface area contributed by atoms with Gasteiger partial charge in [-0.2, -0.15) is 0 Å². The molecule has 1 atom stereocenters. The van der Waals surface area contributed by atoms with Crippen molar-refractivity contribution in [2.45, 2.75) is 19.1 Å². The van der Waals surface area contributed by atoms with Crippen LogP contribution in [0.15, 0.2) is 60.4 Å². The number of hydrogen-bond acceptors (Lipinski definition) is 6. The Kier molecular flexibility index (Phi) is 6.79. The van der Waals surface area contributed by atoms with Crippen molar-refractivity contribution < 1.29 is 9.53 Å². The van der Waals surface area contributed by atoms with Gasteiger partial charge in [0.15, 0.2) is 7.28 Å². The van der Waals surface area contributed by atoms with Gasteiger partial charge in [0.1, 0.15) is 17.7 Å². The van der Waals surface area contributed by atoms with E-state index in [1.807, 2.05) is 43.3 Å². The second-order valence-electron chi connectivity index (χ2n) is 7.87. The first-order chi connectivity index (χ1) is 15.2. The summed E-state index contributed by atoms with van der Waals surface area (Å²) in [5, 5.41) is 3.21. The van der Waals surface area contributed by atoms with Crippen LogP contribution in [0.25, 0.3) is 0 Å². The van der Waals surface area contributed by atoms with E-state index in [0.29, 0.717) is 31.1 Å². The second kappa shape index (κ2) is 9.89. The Labute approximate surface area is 184 Å². The zero-order valence-electron chi connectivity index (χ0n) is 18.1. The van der Waals surface area contributed by atoms with Gasteiger partial charge in [-0.3, -0.25) is 4.79 Å². The van der Waals surface area contributed by atoms with E-state index in [4.69, 9.17) is 4.74 Å². The van der Waals surface area contributed by atoms with Gasteiger partial charge in [0, 0.05) is 32.0 Å². The Morgan fingerprint density at radius 2 is 2.23 bits per heavy atom. The van der Waals surface area contributed by atoms with Crippen LogP contribution in [0.3, 0.4) is 0 Å². The van der Waals surface area contributed by atoms with Crippen molar-refractivity contribution in [2.75, 3.05) is 43.5 Å². The molecule has 1 aromatic heterocycles. The summed E-state index contributed by atoms with van der Waals surface area (Å²) in [6, 6.07) is 8.05. The highest BCUT2D eigenvalue weighted by atomic mass is 16.5. The highest BCUT2D eigenvalue weighted by Crippen LogP contribution is 2.26. The molecular formula is C23H28BN5O2. The third-order valence-corrected chi connectivity index (χ3v) is 5.73. The van der Waals surface area contributed by atoms with E-state index in [1.165, 1.54) is 11.8 Å². The van der Waals surface area contributed by atoms with E-state index in [9.17, 15) is 4.79 Å². The Balaban J connectivity index is 1.50. The first-order valence-corrected chi connectivity index (χ1v) is 10.7. The van der Waals surface area contributed by atoms with E-state index in [1.54, 1.807) is 11.1 Å². The standard InChI is InChI=1S/C23H28BN5O2/c1-25-10-8-21(20-7-4-9-24-20)31-15-17-5-3-6-18(13-17)29-12-11-28(2)22-19(23(29)30)14-26-16-27-22/h3-7,9,13-14,16,21,24-25H,8,10-12,15H2,1-2H3. The molecule has 2 aliphatic rings. The Bertz CT molecular complexity index is 993. The van der Waals surface area contributed by atoms with E-state index >= 15 is 0 Å². The molecule has 3 heterocycles. The molecule has 0 saturated heterocycles. The Morgan fingerprint density at radius 3 is 3.03 bits per heavy atom. The highest BCUT2D eigenvalue weighted by Gasteiger charge is 2.27. The highest BCUT2D eigenvalue weighted by molar-refractivity contribution is 6.52. The fourth-order valence-corrected chi connectivity index (χ4v) is 3.99. The van der Waals surface area contributed by atoms with Crippen LogP contribution < -0.4 is 15.1 Å². The zero-order chi connectivity index (χ0) is 21.6. The van der Waals surface area contributed by atoms with Crippen molar-refractivity contribution in [1.29, 1.82) is 0 Å². The number of hydrogen-bond donors (Lipinski definition) is 1. The average Bonchev–Trinajstić information content (AvgIpc) is 3.30. The minimum absolute atomic E-state index is 0.0768. The summed E-state index contributed by atoms with van der Waals surface area (Å²) < 4.78 is 6.30. The number of nitrogens with zero attached hydrogens (tertiary/aromatic N) is 4. The van der Waals surface area contributed by atoms with Crippen LogP contribution in [0.1, 0.15) is 22.3 Å². The molecule has 2 aliphatic heterocycles. The van der Waals surface area contributed by atoms with Crippen LogP contribution in [-0.2, 0) is 11.3 Å². The van der Waals surface area contributed by atoms with Crippen molar-refractivity contribution >= 4 is 24.7 Å². The molecule has 0 saturated carbocycles. The summed E-state index contributed by atoms with van der Waals surface area (Å²) in [6.45, 7) is 2.68. The number of aromatic nitrogens is 2. The molecule has 0 radical (unpaired) electrons. The van der Waals surface area contributed by atoms with Crippen LogP contribution in [0, 0.1) is 0 Å². The maximum absolute atomic E-state index is 13.2. The van der Waals surface area contributed by atoms with E-state index in [2.05, 4.69) is 33.4 Å². The fourth-order valence-electron chi connectivity index (χ4n) is 3.99. The summed E-state index contributed by atoms with van der Waals surface area (Å²) in [4.78, 5) is 25.4. The third-order valence-electron chi connectivity index (χ3n) is 5.73. The number of ether oxygens (including phenoxy) is 1. The average molecular weight is 417 g/mol. The largest absolute Gasteiger partial charge is 0.370 e. The number of fused-ring (bicyclic) bond motifs is 1. The van der Waals surface area contributed by atoms with Crippen molar-refractivity contribution in [3.63, 3.8) is 0 Å². The van der Waals surface area contributed by atoms with Gasteiger partial charge in [-0.1, -0.05) is 29.8 Å². The molecule has 0 aliphatic carbocycles. The van der Waals surface area contributed by atoms with Gasteiger partial charge in [-0.15, -0.1) is 5.98 Å². The van der Waals surface area contributed by atoms with Crippen LogP contribution >= 0.6 is 0 Å². The van der Waals surface area contributed by atoms with E-state index in [-0.39, 0.29) is 12.0 Å². The topological polar surface area (TPSA) is 70.6 Å². The molecule has 0 fully saturated rings. The van der Waals surface area contributed by atoms with Crippen molar-refractivity contribution in [3.8, 4) is 0 Å². The number of nitrogens with one attached hydrogen (secondary N) is 1. The molecule has 0 spiro atoms. The van der Waals surface area contributed by atoms with Crippen molar-refractivity contribution in [2.24, 2.45) is 0 Å². The lowest BCUT2D eigenvalue weighted by Gasteiger charge is -2.23. The number of anilines is 2. The number of rotatable bonds is 8. The molecule has 8 heteroatoms. The summed E-state index contributed by atoms with van der Waals surface area (Å²) in [5.41, 5.74) is 3.75. The minimum Gasteiger partial charge on any atom is -0.370 e. The first-order valence-electron chi connectivity index (χ1n) is 10.7. The predicted molar refractivity (Wildman–Crippen MR) is 125 cm³/mol. The molecule has 1 amide bonds. The van der Waals surface area contributed by atoms with Crippen molar-refractivity contribution in [1.82, 2.24) is 15.3 Å². The summed E-state index contributed by atoms with van der Waals surface area (Å²) in [5.74, 6) is 2.76. The number of carbonyl (C=O) groups excluding carboxylic acids is 1. The molecule has 0 bridgehead atoms. The van der Waals surface area contributed by atoms with Crippen LogP contribution in [0.5, 0.6) is 0 Å². The van der Waals surface area contributed by atoms with Gasteiger partial charge in [0.2, 0.25) is 0 Å². The van der Waals surface area contributed by atoms with E-state index in [0.717, 1.165) is 31.5 Å². The predicted octanol–water partition coefficient (Wildman–Crippen LogP) is 1.92. The molecule has 31 heavy (non-hydrogen) atoms. The summed E-state index contributed by atoms with van der Waals surface area (Å²) in [6.07, 6.45) is 8.34. The Morgan fingerprint density at radius 1 is 1.32 bits per heavy atom. The molecule has 1 N–H and O–H groups in total. The lowest BCUT2D eigenvalue weighted by molar-refractivity contribution is 0.0638. The first kappa shape index (κ1) is 21.3. The van der Waals surface area contributed by atoms with Gasteiger partial charge in [0.25, 0.3) is 5.91 Å². The van der Waals surface area contributed by atoms with Gasteiger partial charge < -0.3 is 19.9 Å². The number of benzene rings is 1. The normalized spacial score (nSPS) is 16.6. The number of amides is 1. The molecule has 2 aromatic rings. The number of carbonyl (C=O) groups is 1. The number of likely N-dealkylation sites (N-methyl/N-ethyl adjacent to an activating group) is 1. The lowest BCUT2D eigenvalue weighted by atomic mass is 9.70. The van der Waals surface area contributed by atoms with Gasteiger partial charge in [0.05, 0.1) is 12.7 Å². The summed E-state index contributed by atoms with van der Waals surface area (Å²) >= 11 is 0. The van der Waals surface area contributed by atoms with Crippen LogP contribution in [0.2, 0.25) is 0 Å². The molecule has 7 nitrogen and oxygen atoms in total. The maximum Gasteiger partial charge on any atom is 0.263 e. The monoisotopic (exact) mass is 417 g/mol.